The molecule has 1 saturated heterocycles. The van der Waals surface area contributed by atoms with Crippen LogP contribution < -0.4 is 9.47 Å². The van der Waals surface area contributed by atoms with E-state index in [1.165, 1.54) is 11.3 Å². The van der Waals surface area contributed by atoms with Crippen molar-refractivity contribution < 1.29 is 14.3 Å². The summed E-state index contributed by atoms with van der Waals surface area (Å²) < 4.78 is 11.0. The fourth-order valence-electron chi connectivity index (χ4n) is 2.88. The molecule has 1 fully saturated rings. The maximum atomic E-state index is 12.6. The summed E-state index contributed by atoms with van der Waals surface area (Å²) in [5.41, 5.74) is 2.79. The van der Waals surface area contributed by atoms with E-state index in [1.807, 2.05) is 53.9 Å². The van der Waals surface area contributed by atoms with E-state index in [1.54, 1.807) is 18.2 Å². The van der Waals surface area contributed by atoms with E-state index < -0.39 is 0 Å². The zero-order valence-corrected chi connectivity index (χ0v) is 15.1. The lowest BCUT2D eigenvalue weighted by Gasteiger charge is -2.38. The van der Waals surface area contributed by atoms with Crippen LogP contribution in [0.1, 0.15) is 10.4 Å². The Morgan fingerprint density at radius 1 is 1.15 bits per heavy atom. The molecule has 2 heterocycles. The third-order valence-electron chi connectivity index (χ3n) is 4.35. The summed E-state index contributed by atoms with van der Waals surface area (Å²) in [6.45, 7) is 1.19. The molecule has 0 radical (unpaired) electrons. The molecule has 0 N–H and O–H groups in total. The maximum Gasteiger partial charge on any atom is 0.273 e. The van der Waals surface area contributed by atoms with Crippen LogP contribution in [0.2, 0.25) is 0 Å². The molecule has 1 aliphatic heterocycles. The van der Waals surface area contributed by atoms with Crippen LogP contribution in [0, 0.1) is 0 Å². The quantitative estimate of drug-likeness (QED) is 0.691. The number of methoxy groups -OCH3 is 1. The molecule has 4 rings (SSSR count). The molecule has 5 nitrogen and oxygen atoms in total. The summed E-state index contributed by atoms with van der Waals surface area (Å²) in [5, 5.41) is 2.53. The molecule has 3 aromatic rings. The fraction of sp³-hybridized carbons (Fsp3) is 0.200. The molecule has 6 heteroatoms. The number of hydrogen-bond acceptors (Lipinski definition) is 5. The Kier molecular flexibility index (Phi) is 4.58. The van der Waals surface area contributed by atoms with Crippen molar-refractivity contribution in [1.29, 1.82) is 0 Å². The van der Waals surface area contributed by atoms with Gasteiger partial charge >= 0.3 is 0 Å². The standard InChI is InChI=1S/C20H18N2O3S/c1-24-17-4-2-3-16(11-17)14-5-7-15(8-6-14)19(23)22-12-18(13-22)25-20-21-9-10-26-20/h2-11,18H,12-13H2,1H3. The molecule has 0 aliphatic carbocycles. The average Bonchev–Trinajstić information content (AvgIpc) is 3.17. The summed E-state index contributed by atoms with van der Waals surface area (Å²) in [4.78, 5) is 18.5. The monoisotopic (exact) mass is 366 g/mol. The van der Waals surface area contributed by atoms with E-state index in [9.17, 15) is 4.79 Å². The number of rotatable bonds is 5. The van der Waals surface area contributed by atoms with Crippen LogP contribution in [0.15, 0.2) is 60.1 Å². The minimum atomic E-state index is 0.0288. The van der Waals surface area contributed by atoms with Crippen molar-refractivity contribution in [2.45, 2.75) is 6.10 Å². The molecule has 0 atom stereocenters. The number of benzene rings is 2. The summed E-state index contributed by atoms with van der Waals surface area (Å²) in [7, 11) is 1.65. The number of carbonyl (C=O) groups excluding carboxylic acids is 1. The molecular weight excluding hydrogens is 348 g/mol. The SMILES string of the molecule is COc1cccc(-c2ccc(C(=O)N3CC(Oc4nccs4)C3)cc2)c1. The molecule has 0 unspecified atom stereocenters. The van der Waals surface area contributed by atoms with Crippen molar-refractivity contribution in [3.63, 3.8) is 0 Å². The molecule has 1 amide bonds. The molecule has 1 aliphatic rings. The van der Waals surface area contributed by atoms with E-state index in [-0.39, 0.29) is 12.0 Å². The number of hydrogen-bond donors (Lipinski definition) is 0. The lowest BCUT2D eigenvalue weighted by Crippen LogP contribution is -2.56. The van der Waals surface area contributed by atoms with Crippen LogP contribution in [0.4, 0.5) is 0 Å². The Hall–Kier alpha value is -2.86. The highest BCUT2D eigenvalue weighted by molar-refractivity contribution is 7.11. The summed E-state index contributed by atoms with van der Waals surface area (Å²) in [6, 6.07) is 15.5. The maximum absolute atomic E-state index is 12.6. The van der Waals surface area contributed by atoms with Gasteiger partial charge in [0.15, 0.2) is 0 Å². The first-order chi connectivity index (χ1) is 12.7. The zero-order valence-electron chi connectivity index (χ0n) is 14.3. The predicted octanol–water partition coefficient (Wildman–Crippen LogP) is 3.72. The molecular formula is C20H18N2O3S. The van der Waals surface area contributed by atoms with Gasteiger partial charge in [-0.05, 0) is 35.4 Å². The van der Waals surface area contributed by atoms with Crippen LogP contribution in [0.5, 0.6) is 10.9 Å². The van der Waals surface area contributed by atoms with Crippen LogP contribution in [0.25, 0.3) is 11.1 Å². The second-order valence-electron chi connectivity index (χ2n) is 6.06. The number of likely N-dealkylation sites (tertiary alicyclic amines) is 1. The van der Waals surface area contributed by atoms with Gasteiger partial charge in [0.05, 0.1) is 20.2 Å². The van der Waals surface area contributed by atoms with Crippen LogP contribution in [0.3, 0.4) is 0 Å². The number of thiazole rings is 1. The van der Waals surface area contributed by atoms with Gasteiger partial charge < -0.3 is 14.4 Å². The third kappa shape index (κ3) is 3.41. The Labute approximate surface area is 155 Å². The smallest absolute Gasteiger partial charge is 0.273 e. The summed E-state index contributed by atoms with van der Waals surface area (Å²) in [6.07, 6.45) is 1.74. The molecule has 0 bridgehead atoms. The van der Waals surface area contributed by atoms with Crippen LogP contribution in [-0.4, -0.2) is 42.1 Å². The van der Waals surface area contributed by atoms with Crippen LogP contribution in [-0.2, 0) is 0 Å². The summed E-state index contributed by atoms with van der Waals surface area (Å²) in [5.74, 6) is 0.843. The lowest BCUT2D eigenvalue weighted by molar-refractivity contribution is 0.0177. The van der Waals surface area contributed by atoms with Gasteiger partial charge in [-0.25, -0.2) is 4.98 Å². The summed E-state index contributed by atoms with van der Waals surface area (Å²) >= 11 is 1.46. The highest BCUT2D eigenvalue weighted by atomic mass is 32.1. The Balaban J connectivity index is 1.38. The van der Waals surface area contributed by atoms with Gasteiger partial charge in [0.25, 0.3) is 11.1 Å². The number of aromatic nitrogens is 1. The van der Waals surface area contributed by atoms with Gasteiger partial charge in [-0.3, -0.25) is 4.79 Å². The number of carbonyl (C=O) groups is 1. The number of ether oxygens (including phenoxy) is 2. The topological polar surface area (TPSA) is 51.7 Å². The molecule has 1 aromatic heterocycles. The van der Waals surface area contributed by atoms with Gasteiger partial charge in [-0.15, -0.1) is 0 Å². The van der Waals surface area contributed by atoms with Crippen molar-refractivity contribution in [3.05, 3.63) is 65.7 Å². The molecule has 132 valence electrons. The van der Waals surface area contributed by atoms with Crippen molar-refractivity contribution in [3.8, 4) is 22.1 Å². The van der Waals surface area contributed by atoms with E-state index >= 15 is 0 Å². The predicted molar refractivity (Wildman–Crippen MR) is 101 cm³/mol. The third-order valence-corrected chi connectivity index (χ3v) is 5.01. The van der Waals surface area contributed by atoms with Gasteiger partial charge in [0, 0.05) is 17.1 Å². The molecule has 2 aromatic carbocycles. The fourth-order valence-corrected chi connectivity index (χ4v) is 3.43. The van der Waals surface area contributed by atoms with Gasteiger partial charge in [-0.2, -0.15) is 0 Å². The Morgan fingerprint density at radius 3 is 2.65 bits per heavy atom. The highest BCUT2D eigenvalue weighted by Crippen LogP contribution is 2.25. The highest BCUT2D eigenvalue weighted by Gasteiger charge is 2.33. The van der Waals surface area contributed by atoms with E-state index in [4.69, 9.17) is 9.47 Å². The molecule has 0 spiro atoms. The van der Waals surface area contributed by atoms with Gasteiger partial charge in [0.1, 0.15) is 11.9 Å². The average molecular weight is 366 g/mol. The van der Waals surface area contributed by atoms with Crippen molar-refractivity contribution in [2.24, 2.45) is 0 Å². The lowest BCUT2D eigenvalue weighted by atomic mass is 10.0. The normalized spacial score (nSPS) is 14.0. The van der Waals surface area contributed by atoms with E-state index in [0.29, 0.717) is 23.8 Å². The first-order valence-electron chi connectivity index (χ1n) is 8.33. The Morgan fingerprint density at radius 2 is 1.96 bits per heavy atom. The van der Waals surface area contributed by atoms with Gasteiger partial charge in [-0.1, -0.05) is 35.6 Å². The first-order valence-corrected chi connectivity index (χ1v) is 9.21. The van der Waals surface area contributed by atoms with E-state index in [2.05, 4.69) is 4.98 Å². The zero-order chi connectivity index (χ0) is 17.9. The van der Waals surface area contributed by atoms with Crippen molar-refractivity contribution in [2.75, 3.05) is 20.2 Å². The van der Waals surface area contributed by atoms with Gasteiger partial charge in [0.2, 0.25) is 0 Å². The second-order valence-corrected chi connectivity index (χ2v) is 6.91. The minimum absolute atomic E-state index is 0.0288. The van der Waals surface area contributed by atoms with E-state index in [0.717, 1.165) is 16.9 Å². The van der Waals surface area contributed by atoms with Crippen LogP contribution >= 0.6 is 11.3 Å². The second kappa shape index (κ2) is 7.17. The minimum Gasteiger partial charge on any atom is -0.497 e. The largest absolute Gasteiger partial charge is 0.497 e. The molecule has 0 saturated carbocycles. The number of amides is 1. The Bertz CT molecular complexity index is 888. The first kappa shape index (κ1) is 16.6. The van der Waals surface area contributed by atoms with Crippen molar-refractivity contribution >= 4 is 17.2 Å². The number of nitrogens with zero attached hydrogens (tertiary/aromatic N) is 2. The molecule has 26 heavy (non-hydrogen) atoms. The van der Waals surface area contributed by atoms with Crippen molar-refractivity contribution in [1.82, 2.24) is 9.88 Å².